The maximum absolute atomic E-state index is 14.1. The summed E-state index contributed by atoms with van der Waals surface area (Å²) in [5.41, 5.74) is 0.579. The highest BCUT2D eigenvalue weighted by atomic mass is 32.2. The summed E-state index contributed by atoms with van der Waals surface area (Å²) in [5.74, 6) is -1.74. The second-order valence-electron chi connectivity index (χ2n) is 9.66. The fourth-order valence-electron chi connectivity index (χ4n) is 5.11. The van der Waals surface area contributed by atoms with Crippen molar-refractivity contribution in [3.63, 3.8) is 0 Å². The van der Waals surface area contributed by atoms with E-state index >= 15 is 0 Å². The molecule has 2 amide bonds. The lowest BCUT2D eigenvalue weighted by Crippen LogP contribution is -2.57. The van der Waals surface area contributed by atoms with Crippen molar-refractivity contribution in [2.24, 2.45) is 11.8 Å². The highest BCUT2D eigenvalue weighted by molar-refractivity contribution is 7.86. The zero-order valence-electron chi connectivity index (χ0n) is 20.5. The summed E-state index contributed by atoms with van der Waals surface area (Å²) >= 11 is 0. The monoisotopic (exact) mass is 521 g/mol. The minimum absolute atomic E-state index is 0.0707. The highest BCUT2D eigenvalue weighted by Gasteiger charge is 2.44. The van der Waals surface area contributed by atoms with Crippen LogP contribution in [0.4, 0.5) is 4.39 Å². The van der Waals surface area contributed by atoms with Crippen molar-refractivity contribution in [1.82, 2.24) is 18.8 Å². The van der Waals surface area contributed by atoms with Crippen molar-refractivity contribution < 1.29 is 27.1 Å². The number of amides is 2. The molecule has 3 fully saturated rings. The number of nitriles is 1. The van der Waals surface area contributed by atoms with E-state index in [1.165, 1.54) is 27.9 Å². The van der Waals surface area contributed by atoms with Gasteiger partial charge in [-0.25, -0.2) is 4.39 Å². The van der Waals surface area contributed by atoms with Gasteiger partial charge in [0.15, 0.2) is 11.6 Å². The third-order valence-electron chi connectivity index (χ3n) is 7.29. The molecular weight excluding hydrogens is 489 g/mol. The van der Waals surface area contributed by atoms with Crippen LogP contribution in [0.1, 0.15) is 44.2 Å². The van der Waals surface area contributed by atoms with Gasteiger partial charge in [0.1, 0.15) is 6.04 Å². The Labute approximate surface area is 211 Å². The SMILES string of the molecule is COc1ccc([C@@H](C)NC(=O)[C@H]2CCCN2C(=O)[C@H]2CCCN(S(=O)(=O)N3CC(C#N)C3)C2)cc1F. The van der Waals surface area contributed by atoms with Crippen molar-refractivity contribution in [2.45, 2.75) is 44.7 Å². The third kappa shape index (κ3) is 5.19. The Bertz CT molecular complexity index is 1150. The molecule has 1 aromatic rings. The van der Waals surface area contributed by atoms with E-state index in [0.29, 0.717) is 44.3 Å². The van der Waals surface area contributed by atoms with Gasteiger partial charge in [-0.15, -0.1) is 0 Å². The highest BCUT2D eigenvalue weighted by Crippen LogP contribution is 2.29. The van der Waals surface area contributed by atoms with Crippen molar-refractivity contribution >= 4 is 22.0 Å². The van der Waals surface area contributed by atoms with Crippen LogP contribution in [0.25, 0.3) is 0 Å². The second-order valence-corrected chi connectivity index (χ2v) is 11.6. The normalized spacial score (nSPS) is 24.6. The van der Waals surface area contributed by atoms with Gasteiger partial charge in [0, 0.05) is 32.7 Å². The molecule has 0 bridgehead atoms. The van der Waals surface area contributed by atoms with Crippen molar-refractivity contribution in [3.8, 4) is 11.8 Å². The summed E-state index contributed by atoms with van der Waals surface area (Å²) in [6.45, 7) is 2.94. The molecule has 0 spiro atoms. The van der Waals surface area contributed by atoms with E-state index in [-0.39, 0.29) is 43.1 Å². The molecule has 4 rings (SSSR count). The minimum atomic E-state index is -3.72. The van der Waals surface area contributed by atoms with Crippen LogP contribution in [0.3, 0.4) is 0 Å². The van der Waals surface area contributed by atoms with Crippen molar-refractivity contribution in [1.29, 1.82) is 5.26 Å². The Balaban J connectivity index is 1.38. The second kappa shape index (κ2) is 10.7. The first kappa shape index (κ1) is 26.3. The number of nitrogens with zero attached hydrogens (tertiary/aromatic N) is 4. The molecule has 0 saturated carbocycles. The summed E-state index contributed by atoms with van der Waals surface area (Å²) in [4.78, 5) is 28.1. The molecule has 196 valence electrons. The quantitative estimate of drug-likeness (QED) is 0.579. The number of rotatable bonds is 7. The van der Waals surface area contributed by atoms with Gasteiger partial charge in [-0.2, -0.15) is 22.3 Å². The number of carbonyl (C=O) groups excluding carboxylic acids is 2. The third-order valence-corrected chi connectivity index (χ3v) is 9.22. The van der Waals surface area contributed by atoms with E-state index < -0.39 is 34.0 Å². The van der Waals surface area contributed by atoms with E-state index in [0.717, 1.165) is 0 Å². The summed E-state index contributed by atoms with van der Waals surface area (Å²) in [6.07, 6.45) is 2.29. The lowest BCUT2D eigenvalue weighted by Gasteiger charge is -2.41. The number of ether oxygens (including phenoxy) is 1. The smallest absolute Gasteiger partial charge is 0.282 e. The fraction of sp³-hybridized carbons (Fsp3) is 0.625. The van der Waals surface area contributed by atoms with Crippen LogP contribution in [-0.2, 0) is 19.8 Å². The van der Waals surface area contributed by atoms with Crippen LogP contribution < -0.4 is 10.1 Å². The Morgan fingerprint density at radius 1 is 1.17 bits per heavy atom. The number of likely N-dealkylation sites (tertiary alicyclic amines) is 1. The first-order valence-corrected chi connectivity index (χ1v) is 13.6. The van der Waals surface area contributed by atoms with Crippen LogP contribution in [0.2, 0.25) is 0 Å². The van der Waals surface area contributed by atoms with Crippen LogP contribution in [0, 0.1) is 29.0 Å². The van der Waals surface area contributed by atoms with Gasteiger partial charge in [0.25, 0.3) is 10.2 Å². The molecule has 0 aromatic heterocycles. The van der Waals surface area contributed by atoms with Crippen LogP contribution in [-0.4, -0.2) is 79.6 Å². The summed E-state index contributed by atoms with van der Waals surface area (Å²) < 4.78 is 47.5. The summed E-state index contributed by atoms with van der Waals surface area (Å²) in [5, 5.41) is 11.8. The molecule has 0 radical (unpaired) electrons. The molecule has 3 atom stereocenters. The molecular formula is C24H32FN5O5S. The lowest BCUT2D eigenvalue weighted by atomic mass is 9.97. The first-order chi connectivity index (χ1) is 17.1. The zero-order valence-corrected chi connectivity index (χ0v) is 21.3. The number of piperidine rings is 1. The molecule has 0 unspecified atom stereocenters. The van der Waals surface area contributed by atoms with Gasteiger partial charge in [-0.1, -0.05) is 6.07 Å². The number of nitrogens with one attached hydrogen (secondary N) is 1. The van der Waals surface area contributed by atoms with Gasteiger partial charge >= 0.3 is 0 Å². The van der Waals surface area contributed by atoms with Crippen molar-refractivity contribution in [2.75, 3.05) is 39.8 Å². The molecule has 3 aliphatic heterocycles. The molecule has 1 aromatic carbocycles. The predicted octanol–water partition coefficient (Wildman–Crippen LogP) is 1.41. The van der Waals surface area contributed by atoms with Crippen LogP contribution >= 0.6 is 0 Å². The van der Waals surface area contributed by atoms with Crippen LogP contribution in [0.5, 0.6) is 5.75 Å². The number of methoxy groups -OCH3 is 1. The molecule has 1 N–H and O–H groups in total. The van der Waals surface area contributed by atoms with E-state index in [1.54, 1.807) is 17.9 Å². The lowest BCUT2D eigenvalue weighted by molar-refractivity contribution is -0.142. The Morgan fingerprint density at radius 2 is 1.89 bits per heavy atom. The fourth-order valence-corrected chi connectivity index (χ4v) is 6.90. The number of carbonyl (C=O) groups is 2. The molecule has 3 saturated heterocycles. The van der Waals surface area contributed by atoms with Gasteiger partial charge in [-0.05, 0) is 50.3 Å². The Morgan fingerprint density at radius 3 is 2.56 bits per heavy atom. The molecule has 0 aliphatic carbocycles. The van der Waals surface area contributed by atoms with E-state index in [1.807, 2.05) is 0 Å². The predicted molar refractivity (Wildman–Crippen MR) is 128 cm³/mol. The summed E-state index contributed by atoms with van der Waals surface area (Å²) in [6, 6.07) is 5.44. The van der Waals surface area contributed by atoms with Crippen LogP contribution in [0.15, 0.2) is 18.2 Å². The van der Waals surface area contributed by atoms with E-state index in [9.17, 15) is 22.4 Å². The van der Waals surface area contributed by atoms with Gasteiger partial charge in [0.05, 0.1) is 31.1 Å². The molecule has 36 heavy (non-hydrogen) atoms. The molecule has 3 heterocycles. The maximum Gasteiger partial charge on any atom is 0.282 e. The average Bonchev–Trinajstić information content (AvgIpc) is 3.33. The average molecular weight is 522 g/mol. The largest absolute Gasteiger partial charge is 0.494 e. The van der Waals surface area contributed by atoms with Gasteiger partial charge in [0.2, 0.25) is 11.8 Å². The Hall–Kier alpha value is -2.75. The topological polar surface area (TPSA) is 123 Å². The minimum Gasteiger partial charge on any atom is -0.494 e. The number of hydrogen-bond donors (Lipinski definition) is 1. The Kier molecular flexibility index (Phi) is 7.82. The first-order valence-electron chi connectivity index (χ1n) is 12.2. The number of halogens is 1. The number of hydrogen-bond acceptors (Lipinski definition) is 6. The standard InChI is InChI=1S/C24H32FN5O5S/c1-16(18-7-8-22(35-2)20(25)11-18)27-23(31)21-6-4-10-30(21)24(32)19-5-3-9-28(15-19)36(33,34)29-13-17(12-26)14-29/h7-8,11,16-17,19,21H,3-6,9-10,13-15H2,1-2H3,(H,27,31)/t16-,19+,21-/m1/s1. The van der Waals surface area contributed by atoms with Gasteiger partial charge < -0.3 is 15.0 Å². The molecule has 12 heteroatoms. The number of benzene rings is 1. The molecule has 10 nitrogen and oxygen atoms in total. The summed E-state index contributed by atoms with van der Waals surface area (Å²) in [7, 11) is -2.34. The maximum atomic E-state index is 14.1. The van der Waals surface area contributed by atoms with Crippen molar-refractivity contribution in [3.05, 3.63) is 29.6 Å². The zero-order chi connectivity index (χ0) is 26.0. The van der Waals surface area contributed by atoms with E-state index in [4.69, 9.17) is 10.00 Å². The van der Waals surface area contributed by atoms with E-state index in [2.05, 4.69) is 11.4 Å². The molecule has 3 aliphatic rings. The van der Waals surface area contributed by atoms with Gasteiger partial charge in [-0.3, -0.25) is 9.59 Å².